The molecule has 0 N–H and O–H groups in total. The lowest BCUT2D eigenvalue weighted by molar-refractivity contribution is -0.143. The summed E-state index contributed by atoms with van der Waals surface area (Å²) in [5.41, 5.74) is 2.58. The number of pyridine rings is 1. The Labute approximate surface area is 157 Å². The monoisotopic (exact) mass is 375 g/mol. The lowest BCUT2D eigenvalue weighted by Crippen LogP contribution is -2.08. The average molecular weight is 375 g/mol. The molecule has 0 aliphatic heterocycles. The fourth-order valence-corrected chi connectivity index (χ4v) is 2.46. The van der Waals surface area contributed by atoms with E-state index >= 15 is 0 Å². The van der Waals surface area contributed by atoms with Crippen molar-refractivity contribution in [3.05, 3.63) is 53.2 Å². The largest absolute Gasteiger partial charge is 0.488 e. The molecule has 1 aromatic heterocycles. The number of ether oxygens (including phenoxy) is 2. The Morgan fingerprint density at radius 2 is 1.89 bits per heavy atom. The zero-order chi connectivity index (χ0) is 19.8. The third kappa shape index (κ3) is 6.16. The normalized spacial score (nSPS) is 10.4. The van der Waals surface area contributed by atoms with Gasteiger partial charge in [-0.3, -0.25) is 4.79 Å². The zero-order valence-corrected chi connectivity index (χ0v) is 15.7. The molecular weight excluding hydrogens is 352 g/mol. The summed E-state index contributed by atoms with van der Waals surface area (Å²) in [6.45, 7) is 5.92. The first-order chi connectivity index (χ1) is 12.9. The van der Waals surface area contributed by atoms with Crippen LogP contribution in [-0.4, -0.2) is 24.2 Å². The molecule has 27 heavy (non-hydrogen) atoms. The Bertz CT molecular complexity index is 807. The molecule has 0 radical (unpaired) electrons. The van der Waals surface area contributed by atoms with Crippen LogP contribution in [0.2, 0.25) is 0 Å². The van der Waals surface area contributed by atoms with E-state index < -0.39 is 17.4 Å². The fourth-order valence-electron chi connectivity index (χ4n) is 2.46. The van der Waals surface area contributed by atoms with Gasteiger partial charge in [0.2, 0.25) is 0 Å². The van der Waals surface area contributed by atoms with Crippen LogP contribution in [0.5, 0.6) is 5.75 Å². The van der Waals surface area contributed by atoms with E-state index in [0.29, 0.717) is 30.0 Å². The Morgan fingerprint density at radius 3 is 2.52 bits per heavy atom. The van der Waals surface area contributed by atoms with Crippen LogP contribution in [0, 0.1) is 11.6 Å². The van der Waals surface area contributed by atoms with Gasteiger partial charge < -0.3 is 9.47 Å². The molecular formula is C21H23F2NO3. The lowest BCUT2D eigenvalue weighted by Gasteiger charge is -2.10. The summed E-state index contributed by atoms with van der Waals surface area (Å²) >= 11 is 0. The first-order valence-electron chi connectivity index (χ1n) is 8.80. The minimum atomic E-state index is -0.810. The first-order valence-corrected chi connectivity index (χ1v) is 8.80. The van der Waals surface area contributed by atoms with E-state index in [2.05, 4.69) is 4.98 Å². The summed E-state index contributed by atoms with van der Waals surface area (Å²) in [4.78, 5) is 15.7. The highest BCUT2D eigenvalue weighted by Gasteiger charge is 2.15. The summed E-state index contributed by atoms with van der Waals surface area (Å²) in [5, 5.41) is 0. The summed E-state index contributed by atoms with van der Waals surface area (Å²) in [5.74, 6) is -2.44. The highest BCUT2D eigenvalue weighted by molar-refractivity contribution is 5.69. The zero-order valence-electron chi connectivity index (χ0n) is 15.7. The van der Waals surface area contributed by atoms with Crippen molar-refractivity contribution >= 4 is 12.0 Å². The SMILES string of the molecule is CCOC(=O)CCCOc1c(F)cc(-c2cccc(C=C(C)C)n2)cc1F. The summed E-state index contributed by atoms with van der Waals surface area (Å²) in [6, 6.07) is 7.68. The molecule has 0 unspecified atom stereocenters. The van der Waals surface area contributed by atoms with Crippen LogP contribution in [0.4, 0.5) is 8.78 Å². The topological polar surface area (TPSA) is 48.4 Å². The third-order valence-electron chi connectivity index (χ3n) is 3.58. The van der Waals surface area contributed by atoms with Gasteiger partial charge in [0.15, 0.2) is 17.4 Å². The second-order valence-corrected chi connectivity index (χ2v) is 6.20. The number of hydrogen-bond acceptors (Lipinski definition) is 4. The molecule has 2 aromatic rings. The van der Waals surface area contributed by atoms with Crippen molar-refractivity contribution in [1.29, 1.82) is 0 Å². The molecule has 0 bridgehead atoms. The standard InChI is InChI=1S/C21H23F2NO3/c1-4-26-20(25)9-6-10-27-21-17(22)12-15(13-18(21)23)19-8-5-7-16(24-19)11-14(2)3/h5,7-8,11-13H,4,6,9-10H2,1-3H3. The van der Waals surface area contributed by atoms with Crippen LogP contribution in [0.3, 0.4) is 0 Å². The maximum atomic E-state index is 14.3. The summed E-state index contributed by atoms with van der Waals surface area (Å²) in [7, 11) is 0. The van der Waals surface area contributed by atoms with Gasteiger partial charge in [-0.1, -0.05) is 11.6 Å². The number of hydrogen-bond donors (Lipinski definition) is 0. The molecule has 0 aliphatic rings. The van der Waals surface area contributed by atoms with Gasteiger partial charge in [0.25, 0.3) is 0 Å². The summed E-state index contributed by atoms with van der Waals surface area (Å²) in [6.07, 6.45) is 2.33. The Morgan fingerprint density at radius 1 is 1.19 bits per heavy atom. The predicted octanol–water partition coefficient (Wildman–Crippen LogP) is 5.17. The van der Waals surface area contributed by atoms with Crippen molar-refractivity contribution in [2.24, 2.45) is 0 Å². The molecule has 6 heteroatoms. The quantitative estimate of drug-likeness (QED) is 0.472. The van der Waals surface area contributed by atoms with E-state index in [-0.39, 0.29) is 19.0 Å². The van der Waals surface area contributed by atoms with E-state index in [4.69, 9.17) is 9.47 Å². The minimum Gasteiger partial charge on any atom is -0.488 e. The van der Waals surface area contributed by atoms with Gasteiger partial charge in [0.1, 0.15) is 0 Å². The molecule has 1 aromatic carbocycles. The van der Waals surface area contributed by atoms with Crippen LogP contribution in [0.15, 0.2) is 35.9 Å². The van der Waals surface area contributed by atoms with Crippen molar-refractivity contribution in [3.63, 3.8) is 0 Å². The average Bonchev–Trinajstić information content (AvgIpc) is 2.60. The van der Waals surface area contributed by atoms with Gasteiger partial charge >= 0.3 is 5.97 Å². The molecule has 0 amide bonds. The highest BCUT2D eigenvalue weighted by atomic mass is 19.1. The Kier molecular flexibility index (Phi) is 7.46. The molecule has 144 valence electrons. The number of aromatic nitrogens is 1. The number of esters is 1. The number of rotatable bonds is 8. The van der Waals surface area contributed by atoms with E-state index in [0.717, 1.165) is 5.57 Å². The molecule has 4 nitrogen and oxygen atoms in total. The van der Waals surface area contributed by atoms with Crippen LogP contribution in [-0.2, 0) is 9.53 Å². The van der Waals surface area contributed by atoms with Crippen LogP contribution < -0.4 is 4.74 Å². The van der Waals surface area contributed by atoms with Crippen molar-refractivity contribution in [2.45, 2.75) is 33.6 Å². The van der Waals surface area contributed by atoms with E-state index in [9.17, 15) is 13.6 Å². The number of nitrogens with zero attached hydrogens (tertiary/aromatic N) is 1. The van der Waals surface area contributed by atoms with Crippen molar-refractivity contribution in [3.8, 4) is 17.0 Å². The molecule has 0 fully saturated rings. The van der Waals surface area contributed by atoms with E-state index in [1.165, 1.54) is 12.1 Å². The van der Waals surface area contributed by atoms with Crippen molar-refractivity contribution < 1.29 is 23.0 Å². The maximum Gasteiger partial charge on any atom is 0.305 e. The smallest absolute Gasteiger partial charge is 0.305 e. The van der Waals surface area contributed by atoms with Gasteiger partial charge in [0.05, 0.1) is 24.6 Å². The first kappa shape index (κ1) is 20.6. The molecule has 0 saturated carbocycles. The predicted molar refractivity (Wildman–Crippen MR) is 100 cm³/mol. The van der Waals surface area contributed by atoms with E-state index in [1.54, 1.807) is 19.1 Å². The van der Waals surface area contributed by atoms with Crippen LogP contribution in [0.25, 0.3) is 17.3 Å². The number of benzene rings is 1. The maximum absolute atomic E-state index is 14.3. The van der Waals surface area contributed by atoms with Gasteiger partial charge in [-0.2, -0.15) is 0 Å². The molecule has 2 rings (SSSR count). The molecule has 0 aliphatic carbocycles. The van der Waals surface area contributed by atoms with Crippen LogP contribution >= 0.6 is 0 Å². The summed E-state index contributed by atoms with van der Waals surface area (Å²) < 4.78 is 38.6. The molecule has 1 heterocycles. The fraction of sp³-hybridized carbons (Fsp3) is 0.333. The second kappa shape index (κ2) is 9.80. The number of allylic oxidation sites excluding steroid dienone is 1. The van der Waals surface area contributed by atoms with Gasteiger partial charge in [-0.15, -0.1) is 0 Å². The molecule has 0 atom stereocenters. The van der Waals surface area contributed by atoms with Gasteiger partial charge in [-0.25, -0.2) is 13.8 Å². The highest BCUT2D eigenvalue weighted by Crippen LogP contribution is 2.28. The number of carbonyl (C=O) groups is 1. The lowest BCUT2D eigenvalue weighted by atomic mass is 10.1. The van der Waals surface area contributed by atoms with Crippen LogP contribution in [0.1, 0.15) is 39.3 Å². The van der Waals surface area contributed by atoms with Gasteiger partial charge in [0, 0.05) is 12.0 Å². The molecule has 0 spiro atoms. The Hall–Kier alpha value is -2.76. The number of carbonyl (C=O) groups excluding carboxylic acids is 1. The second-order valence-electron chi connectivity index (χ2n) is 6.20. The molecule has 0 saturated heterocycles. The van der Waals surface area contributed by atoms with Crippen molar-refractivity contribution in [1.82, 2.24) is 4.98 Å². The minimum absolute atomic E-state index is 0.0142. The van der Waals surface area contributed by atoms with E-state index in [1.807, 2.05) is 26.0 Å². The Balaban J connectivity index is 2.10. The van der Waals surface area contributed by atoms with Gasteiger partial charge in [-0.05, 0) is 57.5 Å². The third-order valence-corrected chi connectivity index (χ3v) is 3.58. The van der Waals surface area contributed by atoms with Crippen molar-refractivity contribution in [2.75, 3.05) is 13.2 Å². The number of halogens is 2.